The molecule has 25 heavy (non-hydrogen) atoms. The Morgan fingerprint density at radius 3 is 2.64 bits per heavy atom. The number of aliphatic hydroxyl groups is 1. The highest BCUT2D eigenvalue weighted by Crippen LogP contribution is 2.32. The molecule has 0 radical (unpaired) electrons. The predicted molar refractivity (Wildman–Crippen MR) is 96.2 cm³/mol. The fourth-order valence-corrected chi connectivity index (χ4v) is 3.58. The summed E-state index contributed by atoms with van der Waals surface area (Å²) in [5.41, 5.74) is 1.44. The number of nitrogens with zero attached hydrogens (tertiary/aromatic N) is 3. The molecule has 1 N–H and O–H groups in total. The standard InChI is InChI=1S/C20H25N3O2/c1-23(18(12-14-24)15-7-3-2-4-8-15)20(25)17-11-13-21-19(22-17)16-9-5-6-10-16/h2-4,7-8,11,13,16,18,24H,5-6,9-10,12,14H2,1H3. The van der Waals surface area contributed by atoms with Gasteiger partial charge in [0.05, 0.1) is 6.04 Å². The summed E-state index contributed by atoms with van der Waals surface area (Å²) in [6.07, 6.45) is 6.80. The lowest BCUT2D eigenvalue weighted by atomic mass is 10.0. The normalized spacial score (nSPS) is 15.9. The van der Waals surface area contributed by atoms with Crippen molar-refractivity contribution in [2.75, 3.05) is 13.7 Å². The molecule has 0 spiro atoms. The third kappa shape index (κ3) is 4.04. The van der Waals surface area contributed by atoms with E-state index in [1.54, 1.807) is 24.2 Å². The largest absolute Gasteiger partial charge is 0.396 e. The molecule has 5 heteroatoms. The third-order valence-electron chi connectivity index (χ3n) is 4.99. The first-order valence-corrected chi connectivity index (χ1v) is 8.96. The topological polar surface area (TPSA) is 66.3 Å². The molecule has 1 fully saturated rings. The zero-order chi connectivity index (χ0) is 17.6. The maximum absolute atomic E-state index is 13.0. The maximum Gasteiger partial charge on any atom is 0.272 e. The first-order chi connectivity index (χ1) is 12.2. The van der Waals surface area contributed by atoms with Gasteiger partial charge < -0.3 is 10.0 Å². The van der Waals surface area contributed by atoms with Crippen LogP contribution in [-0.4, -0.2) is 39.5 Å². The van der Waals surface area contributed by atoms with Crippen molar-refractivity contribution in [1.29, 1.82) is 0 Å². The second-order valence-corrected chi connectivity index (χ2v) is 6.64. The van der Waals surface area contributed by atoms with Gasteiger partial charge in [0.15, 0.2) is 0 Å². The van der Waals surface area contributed by atoms with Gasteiger partial charge >= 0.3 is 0 Å². The van der Waals surface area contributed by atoms with Gasteiger partial charge in [-0.15, -0.1) is 0 Å². The molecule has 1 saturated carbocycles. The fourth-order valence-electron chi connectivity index (χ4n) is 3.58. The van der Waals surface area contributed by atoms with Gasteiger partial charge in [0.2, 0.25) is 0 Å². The van der Waals surface area contributed by atoms with Crippen LogP contribution in [0.15, 0.2) is 42.6 Å². The molecule has 1 amide bonds. The molecule has 1 aromatic heterocycles. The van der Waals surface area contributed by atoms with Crippen LogP contribution in [0.1, 0.15) is 65.9 Å². The van der Waals surface area contributed by atoms with Crippen LogP contribution in [0.2, 0.25) is 0 Å². The fraction of sp³-hybridized carbons (Fsp3) is 0.450. The van der Waals surface area contributed by atoms with Crippen molar-refractivity contribution in [2.24, 2.45) is 0 Å². The van der Waals surface area contributed by atoms with Gasteiger partial charge in [0.1, 0.15) is 11.5 Å². The number of rotatable bonds is 6. The third-order valence-corrected chi connectivity index (χ3v) is 4.99. The van der Waals surface area contributed by atoms with Gasteiger partial charge in [-0.05, 0) is 30.9 Å². The van der Waals surface area contributed by atoms with Gasteiger partial charge in [0.25, 0.3) is 5.91 Å². The molecule has 5 nitrogen and oxygen atoms in total. The van der Waals surface area contributed by atoms with E-state index in [0.717, 1.165) is 24.2 Å². The van der Waals surface area contributed by atoms with Crippen molar-refractivity contribution in [3.05, 3.63) is 59.7 Å². The van der Waals surface area contributed by atoms with E-state index in [9.17, 15) is 9.90 Å². The minimum atomic E-state index is -0.177. The Labute approximate surface area is 148 Å². The molecule has 0 bridgehead atoms. The summed E-state index contributed by atoms with van der Waals surface area (Å²) in [4.78, 5) is 23.6. The number of aromatic nitrogens is 2. The van der Waals surface area contributed by atoms with Crippen LogP contribution in [0.25, 0.3) is 0 Å². The molecule has 1 aliphatic rings. The first kappa shape index (κ1) is 17.5. The van der Waals surface area contributed by atoms with Crippen molar-refractivity contribution in [2.45, 2.75) is 44.1 Å². The molecule has 1 heterocycles. The Morgan fingerprint density at radius 1 is 1.24 bits per heavy atom. The van der Waals surface area contributed by atoms with Crippen LogP contribution < -0.4 is 0 Å². The summed E-state index contributed by atoms with van der Waals surface area (Å²) >= 11 is 0. The monoisotopic (exact) mass is 339 g/mol. The zero-order valence-corrected chi connectivity index (χ0v) is 14.6. The van der Waals surface area contributed by atoms with Crippen molar-refractivity contribution >= 4 is 5.91 Å². The van der Waals surface area contributed by atoms with E-state index >= 15 is 0 Å². The number of amides is 1. The molecular weight excluding hydrogens is 314 g/mol. The minimum Gasteiger partial charge on any atom is -0.396 e. The number of hydrogen-bond acceptors (Lipinski definition) is 4. The Morgan fingerprint density at radius 2 is 1.96 bits per heavy atom. The number of benzene rings is 1. The molecule has 1 aromatic carbocycles. The summed E-state index contributed by atoms with van der Waals surface area (Å²) < 4.78 is 0. The van der Waals surface area contributed by atoms with E-state index in [4.69, 9.17) is 0 Å². The second kappa shape index (κ2) is 8.21. The Hall–Kier alpha value is -2.27. The average molecular weight is 339 g/mol. The maximum atomic E-state index is 13.0. The van der Waals surface area contributed by atoms with Crippen molar-refractivity contribution < 1.29 is 9.90 Å². The van der Waals surface area contributed by atoms with Gasteiger partial charge in [-0.1, -0.05) is 43.2 Å². The van der Waals surface area contributed by atoms with Crippen LogP contribution in [0.5, 0.6) is 0 Å². The number of carbonyl (C=O) groups excluding carboxylic acids is 1. The highest BCUT2D eigenvalue weighted by Gasteiger charge is 2.25. The molecule has 2 aromatic rings. The SMILES string of the molecule is CN(C(=O)c1ccnc(C2CCCC2)n1)C(CCO)c1ccccc1. The second-order valence-electron chi connectivity index (χ2n) is 6.64. The minimum absolute atomic E-state index is 0.0221. The van der Waals surface area contributed by atoms with E-state index in [-0.39, 0.29) is 18.6 Å². The number of aliphatic hydroxyl groups excluding tert-OH is 1. The van der Waals surface area contributed by atoms with E-state index in [0.29, 0.717) is 18.0 Å². The molecule has 132 valence electrons. The van der Waals surface area contributed by atoms with Gasteiger partial charge in [-0.2, -0.15) is 0 Å². The van der Waals surface area contributed by atoms with Crippen molar-refractivity contribution in [3.63, 3.8) is 0 Å². The average Bonchev–Trinajstić information content (AvgIpc) is 3.20. The van der Waals surface area contributed by atoms with Crippen LogP contribution in [0, 0.1) is 0 Å². The molecule has 0 aliphatic heterocycles. The summed E-state index contributed by atoms with van der Waals surface area (Å²) in [5, 5.41) is 9.42. The van der Waals surface area contributed by atoms with E-state index in [2.05, 4.69) is 9.97 Å². The Bertz CT molecular complexity index is 699. The summed E-state index contributed by atoms with van der Waals surface area (Å²) in [6.45, 7) is 0.0221. The van der Waals surface area contributed by atoms with Crippen molar-refractivity contribution in [3.8, 4) is 0 Å². The Kier molecular flexibility index (Phi) is 5.76. The lowest BCUT2D eigenvalue weighted by Gasteiger charge is -2.28. The lowest BCUT2D eigenvalue weighted by Crippen LogP contribution is -2.32. The molecule has 0 saturated heterocycles. The molecule has 1 unspecified atom stereocenters. The summed E-state index contributed by atoms with van der Waals surface area (Å²) in [7, 11) is 1.77. The number of hydrogen-bond donors (Lipinski definition) is 1. The molecular formula is C20H25N3O2. The molecule has 1 atom stereocenters. The van der Waals surface area contributed by atoms with Gasteiger partial charge in [-0.3, -0.25) is 4.79 Å². The van der Waals surface area contributed by atoms with Crippen LogP contribution in [0.3, 0.4) is 0 Å². The lowest BCUT2D eigenvalue weighted by molar-refractivity contribution is 0.0698. The van der Waals surface area contributed by atoms with Crippen molar-refractivity contribution in [1.82, 2.24) is 14.9 Å². The van der Waals surface area contributed by atoms with E-state index in [1.807, 2.05) is 30.3 Å². The highest BCUT2D eigenvalue weighted by atomic mass is 16.3. The van der Waals surface area contributed by atoms with E-state index < -0.39 is 0 Å². The highest BCUT2D eigenvalue weighted by molar-refractivity contribution is 5.92. The number of carbonyl (C=O) groups is 1. The predicted octanol–water partition coefficient (Wildman–Crippen LogP) is 3.33. The molecule has 3 rings (SSSR count). The van der Waals surface area contributed by atoms with Crippen LogP contribution in [-0.2, 0) is 0 Å². The first-order valence-electron chi connectivity index (χ1n) is 8.96. The summed E-state index contributed by atoms with van der Waals surface area (Å²) in [5.74, 6) is 1.03. The van der Waals surface area contributed by atoms with E-state index in [1.165, 1.54) is 12.8 Å². The van der Waals surface area contributed by atoms with Crippen LogP contribution >= 0.6 is 0 Å². The Balaban J connectivity index is 1.82. The zero-order valence-electron chi connectivity index (χ0n) is 14.6. The smallest absolute Gasteiger partial charge is 0.272 e. The summed E-state index contributed by atoms with van der Waals surface area (Å²) in [6, 6.07) is 11.3. The van der Waals surface area contributed by atoms with Gasteiger partial charge in [-0.25, -0.2) is 9.97 Å². The quantitative estimate of drug-likeness (QED) is 0.876. The molecule has 1 aliphatic carbocycles. The van der Waals surface area contributed by atoms with Gasteiger partial charge in [0, 0.05) is 25.8 Å². The van der Waals surface area contributed by atoms with Crippen LogP contribution in [0.4, 0.5) is 0 Å².